The van der Waals surface area contributed by atoms with Gasteiger partial charge in [-0.25, -0.2) is 18.4 Å². The zero-order chi connectivity index (χ0) is 14.2. The van der Waals surface area contributed by atoms with Gasteiger partial charge in [-0.1, -0.05) is 0 Å². The van der Waals surface area contributed by atoms with Gasteiger partial charge in [-0.2, -0.15) is 0 Å². The zero-order valence-electron chi connectivity index (χ0n) is 10.9. The number of rotatable bonds is 2. The van der Waals surface area contributed by atoms with Crippen molar-refractivity contribution < 1.29 is 8.42 Å². The van der Waals surface area contributed by atoms with Crippen LogP contribution in [0.3, 0.4) is 0 Å². The fourth-order valence-corrected chi connectivity index (χ4v) is 4.05. The molecule has 1 aliphatic heterocycles. The minimum atomic E-state index is -2.85. The largest absolute Gasteiger partial charge is 0.384 e. The maximum Gasteiger partial charge on any atom is 0.150 e. The summed E-state index contributed by atoms with van der Waals surface area (Å²) in [6.45, 7) is 0. The Bertz CT molecular complexity index is 709. The SMILES string of the molecule is Nc1cc(-c2cncn2C2CCS(=O)(=O)CC2)ccn1. The number of imidazole rings is 1. The van der Waals surface area contributed by atoms with Gasteiger partial charge in [0.05, 0.1) is 29.7 Å². The lowest BCUT2D eigenvalue weighted by Gasteiger charge is -2.25. The first-order valence-electron chi connectivity index (χ1n) is 6.49. The van der Waals surface area contributed by atoms with E-state index in [1.54, 1.807) is 24.8 Å². The number of nitrogens with two attached hydrogens (primary N) is 1. The van der Waals surface area contributed by atoms with Crippen molar-refractivity contribution in [3.8, 4) is 11.3 Å². The standard InChI is InChI=1S/C13H16N4O2S/c14-13-7-10(1-4-16-13)12-8-15-9-17(12)11-2-5-20(18,19)6-3-11/h1,4,7-9,11H,2-3,5-6H2,(H2,14,16). The van der Waals surface area contributed by atoms with E-state index in [2.05, 4.69) is 9.97 Å². The van der Waals surface area contributed by atoms with Gasteiger partial charge < -0.3 is 10.3 Å². The number of aromatic nitrogens is 3. The van der Waals surface area contributed by atoms with E-state index in [-0.39, 0.29) is 17.5 Å². The average Bonchev–Trinajstić information content (AvgIpc) is 2.88. The van der Waals surface area contributed by atoms with Crippen molar-refractivity contribution in [2.24, 2.45) is 0 Å². The van der Waals surface area contributed by atoms with Gasteiger partial charge in [0.15, 0.2) is 0 Å². The van der Waals surface area contributed by atoms with Crippen LogP contribution in [0.25, 0.3) is 11.3 Å². The van der Waals surface area contributed by atoms with Gasteiger partial charge in [0.2, 0.25) is 0 Å². The number of sulfone groups is 1. The Balaban J connectivity index is 1.91. The highest BCUT2D eigenvalue weighted by Gasteiger charge is 2.26. The van der Waals surface area contributed by atoms with Crippen LogP contribution in [0.15, 0.2) is 30.9 Å². The predicted molar refractivity (Wildman–Crippen MR) is 76.8 cm³/mol. The van der Waals surface area contributed by atoms with E-state index in [9.17, 15) is 8.42 Å². The van der Waals surface area contributed by atoms with Gasteiger partial charge in [-0.15, -0.1) is 0 Å². The summed E-state index contributed by atoms with van der Waals surface area (Å²) >= 11 is 0. The summed E-state index contributed by atoms with van der Waals surface area (Å²) in [5.41, 5.74) is 7.60. The quantitative estimate of drug-likeness (QED) is 0.900. The van der Waals surface area contributed by atoms with Gasteiger partial charge in [0.1, 0.15) is 15.7 Å². The Morgan fingerprint density at radius 1 is 1.30 bits per heavy atom. The lowest BCUT2D eigenvalue weighted by molar-refractivity contribution is 0.452. The third-order valence-electron chi connectivity index (χ3n) is 3.66. The highest BCUT2D eigenvalue weighted by atomic mass is 32.2. The summed E-state index contributed by atoms with van der Waals surface area (Å²) in [6.07, 6.45) is 6.46. The van der Waals surface area contributed by atoms with Crippen molar-refractivity contribution in [1.29, 1.82) is 0 Å². The Hall–Kier alpha value is -1.89. The van der Waals surface area contributed by atoms with Crippen LogP contribution in [0.1, 0.15) is 18.9 Å². The molecule has 6 nitrogen and oxygen atoms in total. The number of hydrogen-bond donors (Lipinski definition) is 1. The molecule has 0 bridgehead atoms. The van der Waals surface area contributed by atoms with Crippen molar-refractivity contribution in [2.75, 3.05) is 17.2 Å². The molecule has 0 amide bonds. The molecule has 2 aromatic heterocycles. The van der Waals surface area contributed by atoms with Gasteiger partial charge in [-0.05, 0) is 25.0 Å². The molecule has 2 N–H and O–H groups in total. The third kappa shape index (κ3) is 2.53. The highest BCUT2D eigenvalue weighted by Crippen LogP contribution is 2.29. The molecule has 2 aromatic rings. The zero-order valence-corrected chi connectivity index (χ0v) is 11.8. The molecule has 7 heteroatoms. The fraction of sp³-hybridized carbons (Fsp3) is 0.385. The van der Waals surface area contributed by atoms with E-state index in [4.69, 9.17) is 5.73 Å². The van der Waals surface area contributed by atoms with Crippen LogP contribution in [-0.4, -0.2) is 34.5 Å². The van der Waals surface area contributed by atoms with Crippen molar-refractivity contribution in [1.82, 2.24) is 14.5 Å². The lowest BCUT2D eigenvalue weighted by atomic mass is 10.1. The van der Waals surface area contributed by atoms with E-state index in [0.717, 1.165) is 11.3 Å². The molecule has 20 heavy (non-hydrogen) atoms. The van der Waals surface area contributed by atoms with E-state index < -0.39 is 9.84 Å². The Morgan fingerprint density at radius 3 is 2.75 bits per heavy atom. The molecule has 0 radical (unpaired) electrons. The summed E-state index contributed by atoms with van der Waals surface area (Å²) in [7, 11) is -2.85. The molecule has 0 spiro atoms. The van der Waals surface area contributed by atoms with Crippen molar-refractivity contribution in [3.63, 3.8) is 0 Å². The highest BCUT2D eigenvalue weighted by molar-refractivity contribution is 7.91. The fourth-order valence-electron chi connectivity index (χ4n) is 2.58. The first-order chi connectivity index (χ1) is 9.55. The maximum absolute atomic E-state index is 11.5. The molecule has 1 fully saturated rings. The van der Waals surface area contributed by atoms with Crippen LogP contribution < -0.4 is 5.73 Å². The summed E-state index contributed by atoms with van der Waals surface area (Å²) in [4.78, 5) is 8.17. The normalized spacial score (nSPS) is 19.0. The first kappa shape index (κ1) is 13.1. The van der Waals surface area contributed by atoms with Gasteiger partial charge in [-0.3, -0.25) is 0 Å². The molecule has 0 atom stereocenters. The second-order valence-electron chi connectivity index (χ2n) is 5.04. The smallest absolute Gasteiger partial charge is 0.150 e. The van der Waals surface area contributed by atoms with Crippen LogP contribution in [0.2, 0.25) is 0 Å². The van der Waals surface area contributed by atoms with Crippen LogP contribution in [0.4, 0.5) is 5.82 Å². The molecule has 0 unspecified atom stereocenters. The molecule has 3 rings (SSSR count). The summed E-state index contributed by atoms with van der Waals surface area (Å²) in [6, 6.07) is 3.85. The lowest BCUT2D eigenvalue weighted by Crippen LogP contribution is -2.25. The van der Waals surface area contributed by atoms with E-state index >= 15 is 0 Å². The van der Waals surface area contributed by atoms with Crippen LogP contribution in [-0.2, 0) is 9.84 Å². The van der Waals surface area contributed by atoms with Crippen molar-refractivity contribution in [2.45, 2.75) is 18.9 Å². The number of nitrogens with zero attached hydrogens (tertiary/aromatic N) is 3. The first-order valence-corrected chi connectivity index (χ1v) is 8.31. The summed E-state index contributed by atoms with van der Waals surface area (Å²) < 4.78 is 25.1. The Kier molecular flexibility index (Phi) is 3.21. The summed E-state index contributed by atoms with van der Waals surface area (Å²) in [5, 5.41) is 0. The van der Waals surface area contributed by atoms with E-state index in [0.29, 0.717) is 18.7 Å². The van der Waals surface area contributed by atoms with Crippen LogP contribution in [0.5, 0.6) is 0 Å². The number of pyridine rings is 1. The topological polar surface area (TPSA) is 90.9 Å². The number of hydrogen-bond acceptors (Lipinski definition) is 5. The van der Waals surface area contributed by atoms with E-state index in [1.165, 1.54) is 0 Å². The van der Waals surface area contributed by atoms with Crippen molar-refractivity contribution in [3.05, 3.63) is 30.9 Å². The Morgan fingerprint density at radius 2 is 2.05 bits per heavy atom. The van der Waals surface area contributed by atoms with E-state index in [1.807, 2.05) is 10.6 Å². The molecule has 1 aliphatic rings. The average molecular weight is 292 g/mol. The van der Waals surface area contributed by atoms with Crippen LogP contribution in [0, 0.1) is 0 Å². The van der Waals surface area contributed by atoms with Crippen LogP contribution >= 0.6 is 0 Å². The number of nitrogen functional groups attached to an aromatic ring is 1. The molecule has 0 aromatic carbocycles. The monoisotopic (exact) mass is 292 g/mol. The molecule has 3 heterocycles. The maximum atomic E-state index is 11.5. The van der Waals surface area contributed by atoms with Gasteiger partial charge >= 0.3 is 0 Å². The molecular weight excluding hydrogens is 276 g/mol. The minimum absolute atomic E-state index is 0.172. The van der Waals surface area contributed by atoms with Gasteiger partial charge in [0.25, 0.3) is 0 Å². The molecule has 0 saturated carbocycles. The summed E-state index contributed by atoms with van der Waals surface area (Å²) in [5.74, 6) is 0.947. The number of anilines is 1. The molecule has 0 aliphatic carbocycles. The second kappa shape index (κ2) is 4.90. The Labute approximate surface area is 117 Å². The van der Waals surface area contributed by atoms with Gasteiger partial charge in [0, 0.05) is 17.8 Å². The molecule has 106 valence electrons. The van der Waals surface area contributed by atoms with Crippen molar-refractivity contribution >= 4 is 15.7 Å². The third-order valence-corrected chi connectivity index (χ3v) is 5.38. The molecule has 1 saturated heterocycles. The minimum Gasteiger partial charge on any atom is -0.384 e. The predicted octanol–water partition coefficient (Wildman–Crippen LogP) is 1.28. The molecular formula is C13H16N4O2S. The second-order valence-corrected chi connectivity index (χ2v) is 7.34.